The third-order valence-electron chi connectivity index (χ3n) is 4.41. The summed E-state index contributed by atoms with van der Waals surface area (Å²) in [5, 5.41) is 5.66. The molecule has 7 heteroatoms. The quantitative estimate of drug-likeness (QED) is 0.780. The summed E-state index contributed by atoms with van der Waals surface area (Å²) in [4.78, 5) is 17.1. The molecule has 0 aliphatic carbocycles. The molecule has 0 amide bonds. The van der Waals surface area contributed by atoms with Gasteiger partial charge in [-0.2, -0.15) is 0 Å². The smallest absolute Gasteiger partial charge is 0.165 e. The van der Waals surface area contributed by atoms with E-state index in [4.69, 9.17) is 0 Å². The summed E-state index contributed by atoms with van der Waals surface area (Å²) in [6.07, 6.45) is 5.96. The van der Waals surface area contributed by atoms with Gasteiger partial charge >= 0.3 is 0 Å². The van der Waals surface area contributed by atoms with Crippen LogP contribution in [0.3, 0.4) is 0 Å². The van der Waals surface area contributed by atoms with E-state index in [2.05, 4.69) is 42.7 Å². The van der Waals surface area contributed by atoms with E-state index < -0.39 is 0 Å². The van der Waals surface area contributed by atoms with Gasteiger partial charge in [-0.15, -0.1) is 11.3 Å². The fourth-order valence-corrected chi connectivity index (χ4v) is 4.07. The first-order chi connectivity index (χ1) is 11.3. The zero-order valence-electron chi connectivity index (χ0n) is 13.1. The van der Waals surface area contributed by atoms with Crippen molar-refractivity contribution >= 4 is 28.3 Å². The van der Waals surface area contributed by atoms with Crippen LogP contribution in [-0.2, 0) is 7.05 Å². The first-order valence-corrected chi connectivity index (χ1v) is 8.84. The molecule has 0 aromatic carbocycles. The number of rotatable bonds is 5. The number of likely N-dealkylation sites (tertiary alicyclic amines) is 1. The highest BCUT2D eigenvalue weighted by Gasteiger charge is 2.24. The van der Waals surface area contributed by atoms with E-state index in [1.54, 1.807) is 12.7 Å². The van der Waals surface area contributed by atoms with E-state index in [9.17, 15) is 0 Å². The van der Waals surface area contributed by atoms with Crippen molar-refractivity contribution in [2.75, 3.05) is 25.0 Å². The first-order valence-electron chi connectivity index (χ1n) is 7.96. The van der Waals surface area contributed by atoms with Crippen molar-refractivity contribution in [1.29, 1.82) is 0 Å². The minimum Gasteiger partial charge on any atom is -0.366 e. The lowest BCUT2D eigenvalue weighted by atomic mass is 10.2. The van der Waals surface area contributed by atoms with Crippen LogP contribution in [0.2, 0.25) is 0 Å². The summed E-state index contributed by atoms with van der Waals surface area (Å²) >= 11 is 1.83. The summed E-state index contributed by atoms with van der Waals surface area (Å²) in [5.74, 6) is 0.816. The number of fused-ring (bicyclic) bond motifs is 1. The molecule has 1 aliphatic heterocycles. The average molecular weight is 328 g/mol. The van der Waals surface area contributed by atoms with Crippen molar-refractivity contribution in [2.24, 2.45) is 7.05 Å². The largest absolute Gasteiger partial charge is 0.366 e. The third-order valence-corrected chi connectivity index (χ3v) is 5.39. The van der Waals surface area contributed by atoms with Crippen LogP contribution < -0.4 is 5.32 Å². The molecule has 0 bridgehead atoms. The molecular weight excluding hydrogens is 308 g/mol. The van der Waals surface area contributed by atoms with Crippen molar-refractivity contribution in [1.82, 2.24) is 24.4 Å². The van der Waals surface area contributed by atoms with Crippen LogP contribution >= 0.6 is 11.3 Å². The predicted octanol–water partition coefficient (Wildman–Crippen LogP) is 2.67. The van der Waals surface area contributed by atoms with Crippen molar-refractivity contribution in [3.05, 3.63) is 35.0 Å². The molecule has 3 aromatic heterocycles. The molecule has 1 saturated heterocycles. The standard InChI is InChI=1S/C16H20N6S/c1-21-11-20-14-15(18-10-19-16(14)21)17-9-12(13-5-4-8-23-13)22-6-2-3-7-22/h4-5,8,10-12H,2-3,6-7,9H2,1H3,(H,17,18,19). The van der Waals surface area contributed by atoms with Crippen LogP contribution in [-0.4, -0.2) is 44.1 Å². The van der Waals surface area contributed by atoms with E-state index in [1.807, 2.05) is 23.0 Å². The molecule has 0 radical (unpaired) electrons. The Labute approximate surface area is 139 Å². The van der Waals surface area contributed by atoms with Crippen LogP contribution in [0.4, 0.5) is 5.82 Å². The predicted molar refractivity (Wildman–Crippen MR) is 92.7 cm³/mol. The summed E-state index contributed by atoms with van der Waals surface area (Å²) in [6, 6.07) is 4.75. The molecule has 3 aromatic rings. The van der Waals surface area contributed by atoms with Gasteiger partial charge in [0.2, 0.25) is 0 Å². The van der Waals surface area contributed by atoms with E-state index in [0.717, 1.165) is 23.5 Å². The maximum Gasteiger partial charge on any atom is 0.165 e. The number of nitrogens with one attached hydrogen (secondary N) is 1. The zero-order valence-corrected chi connectivity index (χ0v) is 14.0. The Kier molecular flexibility index (Phi) is 3.97. The molecule has 6 nitrogen and oxygen atoms in total. The molecule has 120 valence electrons. The van der Waals surface area contributed by atoms with Gasteiger partial charge in [0.1, 0.15) is 11.8 Å². The van der Waals surface area contributed by atoms with Gasteiger partial charge in [-0.1, -0.05) is 6.07 Å². The van der Waals surface area contributed by atoms with Crippen LogP contribution in [0.5, 0.6) is 0 Å². The zero-order chi connectivity index (χ0) is 15.6. The minimum absolute atomic E-state index is 0.395. The molecule has 23 heavy (non-hydrogen) atoms. The summed E-state index contributed by atoms with van der Waals surface area (Å²) in [6.45, 7) is 3.18. The van der Waals surface area contributed by atoms with Gasteiger partial charge in [0.05, 0.1) is 12.4 Å². The second-order valence-corrected chi connectivity index (χ2v) is 6.88. The Morgan fingerprint density at radius 3 is 2.91 bits per heavy atom. The Bertz CT molecular complexity index is 775. The number of hydrogen-bond donors (Lipinski definition) is 1. The summed E-state index contributed by atoms with van der Waals surface area (Å²) in [7, 11) is 1.95. The van der Waals surface area contributed by atoms with Crippen LogP contribution in [0.1, 0.15) is 23.8 Å². The van der Waals surface area contributed by atoms with Gasteiger partial charge in [0.25, 0.3) is 0 Å². The van der Waals surface area contributed by atoms with E-state index in [1.165, 1.54) is 30.8 Å². The highest BCUT2D eigenvalue weighted by atomic mass is 32.1. The maximum absolute atomic E-state index is 4.42. The molecule has 0 spiro atoms. The van der Waals surface area contributed by atoms with Gasteiger partial charge in [0, 0.05) is 18.5 Å². The average Bonchev–Trinajstić information content (AvgIpc) is 3.31. The van der Waals surface area contributed by atoms with Gasteiger partial charge < -0.3 is 9.88 Å². The van der Waals surface area contributed by atoms with E-state index >= 15 is 0 Å². The van der Waals surface area contributed by atoms with Gasteiger partial charge in [-0.3, -0.25) is 4.90 Å². The Morgan fingerprint density at radius 1 is 1.26 bits per heavy atom. The Balaban J connectivity index is 1.57. The van der Waals surface area contributed by atoms with Crippen LogP contribution in [0.15, 0.2) is 30.2 Å². The second kappa shape index (κ2) is 6.25. The molecule has 1 N–H and O–H groups in total. The molecule has 4 heterocycles. The van der Waals surface area contributed by atoms with E-state index in [0.29, 0.717) is 6.04 Å². The Hall–Kier alpha value is -1.99. The lowest BCUT2D eigenvalue weighted by Crippen LogP contribution is -2.30. The van der Waals surface area contributed by atoms with Crippen molar-refractivity contribution in [2.45, 2.75) is 18.9 Å². The topological polar surface area (TPSA) is 58.9 Å². The highest BCUT2D eigenvalue weighted by molar-refractivity contribution is 7.10. The second-order valence-electron chi connectivity index (χ2n) is 5.91. The normalized spacial score (nSPS) is 16.9. The molecule has 1 fully saturated rings. The number of thiophene rings is 1. The molecule has 1 atom stereocenters. The van der Waals surface area contributed by atoms with Crippen molar-refractivity contribution in [3.8, 4) is 0 Å². The first kappa shape index (κ1) is 14.6. The number of nitrogens with zero attached hydrogens (tertiary/aromatic N) is 5. The van der Waals surface area contributed by atoms with Gasteiger partial charge in [0.15, 0.2) is 11.5 Å². The molecule has 0 saturated carbocycles. The number of imidazole rings is 1. The molecule has 1 unspecified atom stereocenters. The van der Waals surface area contributed by atoms with Gasteiger partial charge in [-0.05, 0) is 37.4 Å². The van der Waals surface area contributed by atoms with Gasteiger partial charge in [-0.25, -0.2) is 15.0 Å². The number of aryl methyl sites for hydroxylation is 1. The SMILES string of the molecule is Cn1cnc2c(NCC(c3cccs3)N3CCCC3)ncnc21. The lowest BCUT2D eigenvalue weighted by molar-refractivity contribution is 0.259. The van der Waals surface area contributed by atoms with Crippen LogP contribution in [0.25, 0.3) is 11.2 Å². The number of anilines is 1. The Morgan fingerprint density at radius 2 is 2.13 bits per heavy atom. The molecule has 1 aliphatic rings. The third kappa shape index (κ3) is 2.82. The van der Waals surface area contributed by atoms with Crippen molar-refractivity contribution < 1.29 is 0 Å². The summed E-state index contributed by atoms with van der Waals surface area (Å²) < 4.78 is 1.92. The fourth-order valence-electron chi connectivity index (χ4n) is 3.21. The van der Waals surface area contributed by atoms with E-state index in [-0.39, 0.29) is 0 Å². The number of hydrogen-bond acceptors (Lipinski definition) is 6. The highest BCUT2D eigenvalue weighted by Crippen LogP contribution is 2.29. The monoisotopic (exact) mass is 328 g/mol. The fraction of sp³-hybridized carbons (Fsp3) is 0.438. The molecular formula is C16H20N6S. The molecule has 4 rings (SSSR count). The maximum atomic E-state index is 4.42. The van der Waals surface area contributed by atoms with Crippen molar-refractivity contribution in [3.63, 3.8) is 0 Å². The lowest BCUT2D eigenvalue weighted by Gasteiger charge is -2.27. The number of aromatic nitrogens is 4. The summed E-state index contributed by atoms with van der Waals surface area (Å²) in [5.41, 5.74) is 1.69. The van der Waals surface area contributed by atoms with Crippen LogP contribution in [0, 0.1) is 0 Å². The minimum atomic E-state index is 0.395.